The van der Waals surface area contributed by atoms with Gasteiger partial charge in [0.25, 0.3) is 0 Å². The number of hydrogen-bond donors (Lipinski definition) is 1. The lowest BCUT2D eigenvalue weighted by molar-refractivity contribution is -0.133. The number of rotatable bonds is 6. The highest BCUT2D eigenvalue weighted by atomic mass is 16.2. The summed E-state index contributed by atoms with van der Waals surface area (Å²) in [5.41, 5.74) is -0.262. The van der Waals surface area contributed by atoms with Gasteiger partial charge in [-0.1, -0.05) is 13.0 Å². The molecule has 144 valence electrons. The van der Waals surface area contributed by atoms with Crippen LogP contribution in [0.4, 0.5) is 5.82 Å². The summed E-state index contributed by atoms with van der Waals surface area (Å²) in [6.45, 7) is 11.9. The molecule has 0 atom stereocenters. The monoisotopic (exact) mass is 361 g/mol. The Kier molecular flexibility index (Phi) is 6.97. The molecule has 1 aromatic heterocycles. The summed E-state index contributed by atoms with van der Waals surface area (Å²) in [7, 11) is 0. The molecule has 0 aromatic carbocycles. The van der Waals surface area contributed by atoms with Gasteiger partial charge in [-0.25, -0.2) is 4.98 Å². The van der Waals surface area contributed by atoms with Gasteiger partial charge in [0, 0.05) is 37.9 Å². The normalized spacial score (nSPS) is 15.3. The van der Waals surface area contributed by atoms with Gasteiger partial charge in [0.15, 0.2) is 0 Å². The van der Waals surface area contributed by atoms with E-state index in [1.165, 1.54) is 0 Å². The number of nitrogens with zero attached hydrogens (tertiary/aromatic N) is 4. The van der Waals surface area contributed by atoms with Crippen LogP contribution in [0.5, 0.6) is 0 Å². The van der Waals surface area contributed by atoms with Crippen LogP contribution in [0.3, 0.4) is 0 Å². The van der Waals surface area contributed by atoms with Gasteiger partial charge in [0.2, 0.25) is 11.8 Å². The third kappa shape index (κ3) is 6.29. The largest absolute Gasteiger partial charge is 0.353 e. The second-order valence-corrected chi connectivity index (χ2v) is 7.66. The highest BCUT2D eigenvalue weighted by molar-refractivity contribution is 5.81. The molecule has 0 bridgehead atoms. The summed E-state index contributed by atoms with van der Waals surface area (Å²) in [5, 5.41) is 2.94. The van der Waals surface area contributed by atoms with E-state index in [1.54, 1.807) is 6.20 Å². The summed E-state index contributed by atoms with van der Waals surface area (Å²) in [6, 6.07) is 5.87. The molecule has 1 fully saturated rings. The average Bonchev–Trinajstić information content (AvgIpc) is 2.60. The maximum absolute atomic E-state index is 12.6. The van der Waals surface area contributed by atoms with Crippen molar-refractivity contribution in [3.8, 4) is 0 Å². The lowest BCUT2D eigenvalue weighted by atomic mass is 10.1. The average molecular weight is 361 g/mol. The Labute approximate surface area is 156 Å². The molecule has 1 saturated heterocycles. The van der Waals surface area contributed by atoms with Crippen LogP contribution in [0.25, 0.3) is 0 Å². The standard InChI is InChI=1S/C19H31N5O2/c1-5-22(14-17(25)21-19(2,3)4)15-18(26)24-12-10-23(11-13-24)16-8-6-7-9-20-16/h6-9H,5,10-15H2,1-4H3,(H,21,25). The van der Waals surface area contributed by atoms with E-state index in [1.807, 2.05) is 55.7 Å². The van der Waals surface area contributed by atoms with Crippen LogP contribution in [-0.2, 0) is 9.59 Å². The quantitative estimate of drug-likeness (QED) is 0.818. The molecule has 0 unspecified atom stereocenters. The summed E-state index contributed by atoms with van der Waals surface area (Å²) >= 11 is 0. The van der Waals surface area contributed by atoms with Crippen LogP contribution in [0, 0.1) is 0 Å². The zero-order valence-electron chi connectivity index (χ0n) is 16.4. The summed E-state index contributed by atoms with van der Waals surface area (Å²) in [6.07, 6.45) is 1.79. The predicted octanol–water partition coefficient (Wildman–Crippen LogP) is 0.967. The number of aromatic nitrogens is 1. The van der Waals surface area contributed by atoms with E-state index in [0.717, 1.165) is 18.9 Å². The Hall–Kier alpha value is -2.15. The van der Waals surface area contributed by atoms with Gasteiger partial charge in [-0.3, -0.25) is 14.5 Å². The highest BCUT2D eigenvalue weighted by Gasteiger charge is 2.24. The first-order valence-electron chi connectivity index (χ1n) is 9.25. The van der Waals surface area contributed by atoms with Crippen molar-refractivity contribution in [3.63, 3.8) is 0 Å². The second-order valence-electron chi connectivity index (χ2n) is 7.66. The number of nitrogens with one attached hydrogen (secondary N) is 1. The zero-order valence-corrected chi connectivity index (χ0v) is 16.4. The van der Waals surface area contributed by atoms with Crippen molar-refractivity contribution in [1.29, 1.82) is 0 Å². The molecule has 2 rings (SSSR count). The van der Waals surface area contributed by atoms with Gasteiger partial charge < -0.3 is 15.1 Å². The Morgan fingerprint density at radius 3 is 2.38 bits per heavy atom. The number of likely N-dealkylation sites (N-methyl/N-ethyl adjacent to an activating group) is 1. The maximum atomic E-state index is 12.6. The van der Waals surface area contributed by atoms with Crippen molar-refractivity contribution in [2.24, 2.45) is 0 Å². The summed E-state index contributed by atoms with van der Waals surface area (Å²) < 4.78 is 0. The Balaban J connectivity index is 1.81. The minimum Gasteiger partial charge on any atom is -0.353 e. The number of piperazine rings is 1. The van der Waals surface area contributed by atoms with Crippen molar-refractivity contribution in [2.45, 2.75) is 33.2 Å². The molecule has 2 amide bonds. The molecular formula is C19H31N5O2. The molecule has 2 heterocycles. The number of anilines is 1. The van der Waals surface area contributed by atoms with Crippen LogP contribution < -0.4 is 10.2 Å². The highest BCUT2D eigenvalue weighted by Crippen LogP contribution is 2.12. The molecule has 1 aliphatic rings. The van der Waals surface area contributed by atoms with Crippen molar-refractivity contribution in [3.05, 3.63) is 24.4 Å². The fraction of sp³-hybridized carbons (Fsp3) is 0.632. The minimum absolute atomic E-state index is 0.0490. The van der Waals surface area contributed by atoms with Crippen LogP contribution in [0.15, 0.2) is 24.4 Å². The number of carbonyl (C=O) groups excluding carboxylic acids is 2. The second kappa shape index (κ2) is 8.98. The fourth-order valence-corrected chi connectivity index (χ4v) is 2.96. The molecule has 1 aliphatic heterocycles. The summed E-state index contributed by atoms with van der Waals surface area (Å²) in [4.78, 5) is 35.0. The van der Waals surface area contributed by atoms with Crippen molar-refractivity contribution in [2.75, 3.05) is 50.7 Å². The van der Waals surface area contributed by atoms with Crippen LogP contribution >= 0.6 is 0 Å². The van der Waals surface area contributed by atoms with Crippen LogP contribution in [-0.4, -0.2) is 78.0 Å². The van der Waals surface area contributed by atoms with Crippen molar-refractivity contribution in [1.82, 2.24) is 20.1 Å². The van der Waals surface area contributed by atoms with Crippen molar-refractivity contribution >= 4 is 17.6 Å². The minimum atomic E-state index is -0.262. The molecule has 1 aromatic rings. The summed E-state index contributed by atoms with van der Waals surface area (Å²) in [5.74, 6) is 0.983. The number of carbonyl (C=O) groups is 2. The maximum Gasteiger partial charge on any atom is 0.236 e. The molecular weight excluding hydrogens is 330 g/mol. The number of pyridine rings is 1. The van der Waals surface area contributed by atoms with E-state index in [0.29, 0.717) is 19.6 Å². The van der Waals surface area contributed by atoms with Gasteiger partial charge in [-0.2, -0.15) is 0 Å². The Morgan fingerprint density at radius 2 is 1.85 bits per heavy atom. The van der Waals surface area contributed by atoms with Crippen LogP contribution in [0.1, 0.15) is 27.7 Å². The molecule has 7 heteroatoms. The van der Waals surface area contributed by atoms with Gasteiger partial charge >= 0.3 is 0 Å². The van der Waals surface area contributed by atoms with Crippen molar-refractivity contribution < 1.29 is 9.59 Å². The zero-order chi connectivity index (χ0) is 19.2. The van der Waals surface area contributed by atoms with Gasteiger partial charge in [0.05, 0.1) is 13.1 Å². The Bertz CT molecular complexity index is 592. The van der Waals surface area contributed by atoms with E-state index in [2.05, 4.69) is 15.2 Å². The SMILES string of the molecule is CCN(CC(=O)NC(C)(C)C)CC(=O)N1CCN(c2ccccn2)CC1. The first-order chi connectivity index (χ1) is 12.3. The molecule has 7 nitrogen and oxygen atoms in total. The molecule has 0 radical (unpaired) electrons. The fourth-order valence-electron chi connectivity index (χ4n) is 2.96. The lowest BCUT2D eigenvalue weighted by Gasteiger charge is -2.36. The lowest BCUT2D eigenvalue weighted by Crippen LogP contribution is -2.52. The van der Waals surface area contributed by atoms with Gasteiger partial charge in [-0.05, 0) is 39.4 Å². The van der Waals surface area contributed by atoms with Gasteiger partial charge in [-0.15, -0.1) is 0 Å². The first kappa shape index (κ1) is 20.2. The Morgan fingerprint density at radius 1 is 1.15 bits per heavy atom. The number of hydrogen-bond acceptors (Lipinski definition) is 5. The third-order valence-electron chi connectivity index (χ3n) is 4.29. The molecule has 1 N–H and O–H groups in total. The van der Waals surface area contributed by atoms with E-state index in [4.69, 9.17) is 0 Å². The van der Waals surface area contributed by atoms with Gasteiger partial charge in [0.1, 0.15) is 5.82 Å². The van der Waals surface area contributed by atoms with E-state index < -0.39 is 0 Å². The predicted molar refractivity (Wildman–Crippen MR) is 103 cm³/mol. The van der Waals surface area contributed by atoms with E-state index in [-0.39, 0.29) is 30.4 Å². The van der Waals surface area contributed by atoms with E-state index in [9.17, 15) is 9.59 Å². The molecule has 0 saturated carbocycles. The third-order valence-corrected chi connectivity index (χ3v) is 4.29. The first-order valence-corrected chi connectivity index (χ1v) is 9.25. The molecule has 0 aliphatic carbocycles. The van der Waals surface area contributed by atoms with E-state index >= 15 is 0 Å². The smallest absolute Gasteiger partial charge is 0.236 e. The molecule has 0 spiro atoms. The van der Waals surface area contributed by atoms with Crippen LogP contribution in [0.2, 0.25) is 0 Å². The molecule has 26 heavy (non-hydrogen) atoms. The topological polar surface area (TPSA) is 68.8 Å². The number of amides is 2.